The first kappa shape index (κ1) is 26.2. The summed E-state index contributed by atoms with van der Waals surface area (Å²) in [6.45, 7) is 8.98. The second-order valence-electron chi connectivity index (χ2n) is 11.6. The van der Waals surface area contributed by atoms with E-state index in [4.69, 9.17) is 11.5 Å². The number of amides is 3. The fourth-order valence-electron chi connectivity index (χ4n) is 6.19. The van der Waals surface area contributed by atoms with Gasteiger partial charge in [-0.25, -0.2) is 0 Å². The van der Waals surface area contributed by atoms with Gasteiger partial charge in [-0.15, -0.1) is 0 Å². The zero-order chi connectivity index (χ0) is 25.0. The summed E-state index contributed by atoms with van der Waals surface area (Å²) in [4.78, 5) is 37.9. The first-order valence-electron chi connectivity index (χ1n) is 13.1. The summed E-state index contributed by atoms with van der Waals surface area (Å²) in [5.74, 6) is 0.0857. The summed E-state index contributed by atoms with van der Waals surface area (Å²) < 4.78 is 0. The quantitative estimate of drug-likeness (QED) is 0.472. The van der Waals surface area contributed by atoms with Gasteiger partial charge < -0.3 is 16.8 Å². The van der Waals surface area contributed by atoms with E-state index in [-0.39, 0.29) is 23.2 Å². The van der Waals surface area contributed by atoms with Crippen molar-refractivity contribution in [2.24, 2.45) is 34.6 Å². The van der Waals surface area contributed by atoms with Crippen LogP contribution in [0.1, 0.15) is 124 Å². The van der Waals surface area contributed by atoms with Gasteiger partial charge in [0.05, 0.1) is 0 Å². The second-order valence-corrected chi connectivity index (χ2v) is 11.6. The van der Waals surface area contributed by atoms with E-state index in [0.29, 0.717) is 34.2 Å². The third-order valence-electron chi connectivity index (χ3n) is 8.25. The fourth-order valence-corrected chi connectivity index (χ4v) is 6.19. The van der Waals surface area contributed by atoms with E-state index in [1.807, 2.05) is 0 Å². The molecule has 0 spiro atoms. The van der Waals surface area contributed by atoms with Crippen molar-refractivity contribution in [2.45, 2.75) is 97.8 Å². The van der Waals surface area contributed by atoms with Gasteiger partial charge in [0.2, 0.25) is 17.7 Å². The molecule has 1 aromatic rings. The van der Waals surface area contributed by atoms with Gasteiger partial charge in [-0.1, -0.05) is 40.5 Å². The monoisotopic (exact) mass is 469 g/mol. The molecule has 0 heterocycles. The molecule has 34 heavy (non-hydrogen) atoms. The molecule has 0 saturated heterocycles. The minimum atomic E-state index is -0.591. The number of carbonyl (C=O) groups is 3. The predicted molar refractivity (Wildman–Crippen MR) is 137 cm³/mol. The number of hydrogen-bond acceptors (Lipinski definition) is 3. The van der Waals surface area contributed by atoms with E-state index in [1.54, 1.807) is 12.1 Å². The summed E-state index contributed by atoms with van der Waals surface area (Å²) in [5, 5.41) is 2.95. The van der Waals surface area contributed by atoms with Crippen molar-refractivity contribution in [1.82, 2.24) is 0 Å². The predicted octanol–water partition coefficient (Wildman–Crippen LogP) is 5.75. The largest absolute Gasteiger partial charge is 0.366 e. The van der Waals surface area contributed by atoms with Crippen LogP contribution in [0, 0.1) is 23.2 Å². The Bertz CT molecular complexity index is 867. The van der Waals surface area contributed by atoms with Gasteiger partial charge >= 0.3 is 0 Å². The Hall–Kier alpha value is -2.37. The Balaban J connectivity index is 1.81. The molecule has 0 aromatic heterocycles. The third kappa shape index (κ3) is 6.19. The lowest BCUT2D eigenvalue weighted by atomic mass is 9.67. The molecule has 2 saturated carbocycles. The SMILES string of the molecule is CCC[C@H]1CC[C@@H](C(=O)Nc2cc(C(N)=O)c([C@H]3CC[C@@H](C(C)(C)C)CC3)c(C(N)=O)c2)CC1. The van der Waals surface area contributed by atoms with Crippen LogP contribution >= 0.6 is 0 Å². The summed E-state index contributed by atoms with van der Waals surface area (Å²) in [6, 6.07) is 3.28. The third-order valence-corrected chi connectivity index (χ3v) is 8.25. The smallest absolute Gasteiger partial charge is 0.249 e. The van der Waals surface area contributed by atoms with E-state index in [1.165, 1.54) is 12.8 Å². The molecule has 2 aliphatic rings. The molecule has 0 aliphatic heterocycles. The average Bonchev–Trinajstić information content (AvgIpc) is 2.78. The van der Waals surface area contributed by atoms with Crippen molar-refractivity contribution in [3.05, 3.63) is 28.8 Å². The molecule has 2 fully saturated rings. The molecule has 1 aromatic carbocycles. The van der Waals surface area contributed by atoms with Crippen molar-refractivity contribution in [2.75, 3.05) is 5.32 Å². The second kappa shape index (κ2) is 10.9. The zero-order valence-corrected chi connectivity index (χ0v) is 21.4. The molecule has 6 nitrogen and oxygen atoms in total. The molecular formula is C28H43N3O3. The van der Waals surface area contributed by atoms with Crippen LogP contribution < -0.4 is 16.8 Å². The number of anilines is 1. The highest BCUT2D eigenvalue weighted by Crippen LogP contribution is 2.45. The Labute approximate surface area is 204 Å². The molecule has 3 amide bonds. The van der Waals surface area contributed by atoms with Crippen LogP contribution in [0.25, 0.3) is 0 Å². The van der Waals surface area contributed by atoms with Crippen LogP contribution in [0.3, 0.4) is 0 Å². The molecule has 5 N–H and O–H groups in total. The molecule has 0 atom stereocenters. The molecule has 0 unspecified atom stereocenters. The molecule has 0 bridgehead atoms. The molecule has 2 aliphatic carbocycles. The van der Waals surface area contributed by atoms with E-state index in [0.717, 1.165) is 51.4 Å². The molecule has 0 radical (unpaired) electrons. The van der Waals surface area contributed by atoms with Crippen LogP contribution in [0.15, 0.2) is 12.1 Å². The number of benzene rings is 1. The van der Waals surface area contributed by atoms with E-state index in [9.17, 15) is 14.4 Å². The van der Waals surface area contributed by atoms with Gasteiger partial charge in [-0.05, 0) is 92.2 Å². The lowest BCUT2D eigenvalue weighted by molar-refractivity contribution is -0.121. The zero-order valence-electron chi connectivity index (χ0n) is 21.4. The highest BCUT2D eigenvalue weighted by Gasteiger charge is 2.34. The number of hydrogen-bond donors (Lipinski definition) is 3. The van der Waals surface area contributed by atoms with Crippen molar-refractivity contribution < 1.29 is 14.4 Å². The highest BCUT2D eigenvalue weighted by molar-refractivity contribution is 6.04. The van der Waals surface area contributed by atoms with Gasteiger partial charge in [0.1, 0.15) is 0 Å². The molecule has 6 heteroatoms. The van der Waals surface area contributed by atoms with Crippen molar-refractivity contribution in [1.29, 1.82) is 0 Å². The minimum absolute atomic E-state index is 0.0467. The maximum absolute atomic E-state index is 13.0. The van der Waals surface area contributed by atoms with E-state index < -0.39 is 11.8 Å². The molecular weight excluding hydrogens is 426 g/mol. The van der Waals surface area contributed by atoms with Crippen molar-refractivity contribution in [3.63, 3.8) is 0 Å². The molecule has 188 valence electrons. The van der Waals surface area contributed by atoms with Gasteiger partial charge in [0.15, 0.2) is 0 Å². The van der Waals surface area contributed by atoms with Crippen LogP contribution in [-0.4, -0.2) is 17.7 Å². The van der Waals surface area contributed by atoms with Gasteiger partial charge in [-0.3, -0.25) is 14.4 Å². The van der Waals surface area contributed by atoms with E-state index >= 15 is 0 Å². The first-order chi connectivity index (χ1) is 16.0. The average molecular weight is 470 g/mol. The summed E-state index contributed by atoms with van der Waals surface area (Å²) >= 11 is 0. The van der Waals surface area contributed by atoms with Gasteiger partial charge in [0, 0.05) is 22.7 Å². The topological polar surface area (TPSA) is 115 Å². The summed E-state index contributed by atoms with van der Waals surface area (Å²) in [5.41, 5.74) is 13.5. The standard InChI is InChI=1S/C28H43N3O3/c1-5-6-17-7-9-19(10-8-17)27(34)31-21-15-22(25(29)32)24(23(16-21)26(30)33)18-11-13-20(14-12-18)28(2,3)4/h15-20H,5-14H2,1-4H3,(H2,29,32)(H2,30,33)(H,31,34)/t17-,18-,19+,20+. The first-order valence-corrected chi connectivity index (χ1v) is 13.1. The lowest BCUT2D eigenvalue weighted by Crippen LogP contribution is -2.29. The maximum Gasteiger partial charge on any atom is 0.249 e. The molecule has 3 rings (SSSR count). The fraction of sp³-hybridized carbons (Fsp3) is 0.679. The normalized spacial score (nSPS) is 25.5. The summed E-state index contributed by atoms with van der Waals surface area (Å²) in [7, 11) is 0. The number of nitrogens with two attached hydrogens (primary N) is 2. The number of carbonyl (C=O) groups excluding carboxylic acids is 3. The Morgan fingerprint density at radius 2 is 1.41 bits per heavy atom. The number of rotatable bonds is 7. The Morgan fingerprint density at radius 1 is 0.882 bits per heavy atom. The van der Waals surface area contributed by atoms with Gasteiger partial charge in [-0.2, -0.15) is 0 Å². The maximum atomic E-state index is 13.0. The Kier molecular flexibility index (Phi) is 8.43. The van der Waals surface area contributed by atoms with Crippen LogP contribution in [0.4, 0.5) is 5.69 Å². The number of nitrogens with one attached hydrogen (secondary N) is 1. The van der Waals surface area contributed by atoms with Crippen LogP contribution in [0.2, 0.25) is 0 Å². The summed E-state index contributed by atoms with van der Waals surface area (Å²) in [6.07, 6.45) is 10.1. The van der Waals surface area contributed by atoms with E-state index in [2.05, 4.69) is 33.0 Å². The lowest BCUT2D eigenvalue weighted by Gasteiger charge is -2.38. The van der Waals surface area contributed by atoms with Gasteiger partial charge in [0.25, 0.3) is 0 Å². The number of primary amides is 2. The minimum Gasteiger partial charge on any atom is -0.366 e. The Morgan fingerprint density at radius 3 is 1.85 bits per heavy atom. The van der Waals surface area contributed by atoms with Crippen LogP contribution in [0.5, 0.6) is 0 Å². The van der Waals surface area contributed by atoms with Crippen LogP contribution in [-0.2, 0) is 4.79 Å². The van der Waals surface area contributed by atoms with Crippen molar-refractivity contribution >= 4 is 23.4 Å². The highest BCUT2D eigenvalue weighted by atomic mass is 16.2. The van der Waals surface area contributed by atoms with Crippen molar-refractivity contribution in [3.8, 4) is 0 Å².